The Kier molecular flexibility index (Phi) is 3.55. The predicted octanol–water partition coefficient (Wildman–Crippen LogP) is 3.85. The number of fused-ring (bicyclic) bond motifs is 1. The standard InChI is InChI=1S/C14H10F4O/c15-13(16)14(17,18)12(19)8-10-6-3-5-9-4-1-2-7-11(9)10/h1-7,13H,8H2. The van der Waals surface area contributed by atoms with Crippen molar-refractivity contribution in [2.75, 3.05) is 0 Å². The largest absolute Gasteiger partial charge is 0.364 e. The Balaban J connectivity index is 2.35. The smallest absolute Gasteiger partial charge is 0.292 e. The Bertz CT molecular complexity index is 602. The summed E-state index contributed by atoms with van der Waals surface area (Å²) in [7, 11) is 0. The van der Waals surface area contributed by atoms with Gasteiger partial charge in [0.2, 0.25) is 5.78 Å². The summed E-state index contributed by atoms with van der Waals surface area (Å²) in [6, 6.07) is 11.7. The zero-order valence-corrected chi connectivity index (χ0v) is 9.75. The van der Waals surface area contributed by atoms with E-state index in [1.54, 1.807) is 36.4 Å². The maximum Gasteiger partial charge on any atom is 0.364 e. The Morgan fingerprint density at radius 3 is 2.37 bits per heavy atom. The fraction of sp³-hybridized carbons (Fsp3) is 0.214. The Morgan fingerprint density at radius 2 is 1.68 bits per heavy atom. The molecule has 0 saturated carbocycles. The van der Waals surface area contributed by atoms with Crippen molar-refractivity contribution >= 4 is 16.6 Å². The molecule has 0 aromatic heterocycles. The van der Waals surface area contributed by atoms with Gasteiger partial charge in [0.25, 0.3) is 0 Å². The molecule has 0 atom stereocenters. The third kappa shape index (κ3) is 2.59. The summed E-state index contributed by atoms with van der Waals surface area (Å²) in [6.07, 6.45) is -4.69. The summed E-state index contributed by atoms with van der Waals surface area (Å²) in [6.45, 7) is 0. The van der Waals surface area contributed by atoms with E-state index in [1.807, 2.05) is 0 Å². The quantitative estimate of drug-likeness (QED) is 0.771. The van der Waals surface area contributed by atoms with Crippen molar-refractivity contribution in [1.29, 1.82) is 0 Å². The molecule has 1 nitrogen and oxygen atoms in total. The zero-order valence-electron chi connectivity index (χ0n) is 9.75. The third-order valence-electron chi connectivity index (χ3n) is 2.88. The number of carbonyl (C=O) groups excluding carboxylic acids is 1. The molecule has 2 rings (SSSR count). The van der Waals surface area contributed by atoms with E-state index in [1.165, 1.54) is 6.07 Å². The first kappa shape index (κ1) is 13.5. The molecule has 5 heteroatoms. The summed E-state index contributed by atoms with van der Waals surface area (Å²) in [5, 5.41) is 1.39. The molecule has 0 radical (unpaired) electrons. The van der Waals surface area contributed by atoms with Crippen LogP contribution in [0, 0.1) is 0 Å². The van der Waals surface area contributed by atoms with Gasteiger partial charge in [-0.05, 0) is 16.3 Å². The highest BCUT2D eigenvalue weighted by Gasteiger charge is 2.48. The first-order valence-corrected chi connectivity index (χ1v) is 5.59. The molecule has 2 aromatic rings. The first-order valence-electron chi connectivity index (χ1n) is 5.59. The van der Waals surface area contributed by atoms with Gasteiger partial charge in [-0.2, -0.15) is 8.78 Å². The van der Waals surface area contributed by atoms with E-state index in [0.29, 0.717) is 10.9 Å². The molecule has 19 heavy (non-hydrogen) atoms. The van der Waals surface area contributed by atoms with E-state index in [-0.39, 0.29) is 0 Å². The van der Waals surface area contributed by atoms with Gasteiger partial charge >= 0.3 is 12.3 Å². The molecule has 0 amide bonds. The Morgan fingerprint density at radius 1 is 1.05 bits per heavy atom. The average molecular weight is 270 g/mol. The molecular formula is C14H10F4O. The second kappa shape index (κ2) is 4.99. The van der Waals surface area contributed by atoms with Gasteiger partial charge in [-0.1, -0.05) is 42.5 Å². The van der Waals surface area contributed by atoms with Crippen molar-refractivity contribution in [3.63, 3.8) is 0 Å². The lowest BCUT2D eigenvalue weighted by atomic mass is 9.98. The number of carbonyl (C=O) groups is 1. The van der Waals surface area contributed by atoms with Crippen LogP contribution in [-0.2, 0) is 11.2 Å². The van der Waals surface area contributed by atoms with Crippen LogP contribution in [0.3, 0.4) is 0 Å². The minimum atomic E-state index is -4.60. The van der Waals surface area contributed by atoms with Crippen molar-refractivity contribution in [2.45, 2.75) is 18.8 Å². The minimum absolute atomic E-state index is 0.323. The van der Waals surface area contributed by atoms with Crippen LogP contribution in [0.15, 0.2) is 42.5 Å². The van der Waals surface area contributed by atoms with Gasteiger partial charge in [0.05, 0.1) is 0 Å². The highest BCUT2D eigenvalue weighted by Crippen LogP contribution is 2.27. The highest BCUT2D eigenvalue weighted by molar-refractivity contribution is 5.93. The van der Waals surface area contributed by atoms with Crippen LogP contribution < -0.4 is 0 Å². The van der Waals surface area contributed by atoms with Crippen LogP contribution in [0.25, 0.3) is 10.8 Å². The molecule has 0 aliphatic carbocycles. The van der Waals surface area contributed by atoms with E-state index in [2.05, 4.69) is 0 Å². The van der Waals surface area contributed by atoms with Crippen LogP contribution in [0.2, 0.25) is 0 Å². The average Bonchev–Trinajstić information content (AvgIpc) is 2.39. The fourth-order valence-electron chi connectivity index (χ4n) is 1.86. The molecule has 0 bridgehead atoms. The maximum absolute atomic E-state index is 12.9. The van der Waals surface area contributed by atoms with E-state index in [0.717, 1.165) is 5.39 Å². The van der Waals surface area contributed by atoms with E-state index in [9.17, 15) is 22.4 Å². The number of alkyl halides is 4. The number of halogens is 4. The van der Waals surface area contributed by atoms with Gasteiger partial charge < -0.3 is 0 Å². The van der Waals surface area contributed by atoms with Crippen LogP contribution >= 0.6 is 0 Å². The zero-order chi connectivity index (χ0) is 14.0. The summed E-state index contributed by atoms with van der Waals surface area (Å²) in [5.41, 5.74) is 0.323. The van der Waals surface area contributed by atoms with Crippen LogP contribution in [0.4, 0.5) is 17.6 Å². The van der Waals surface area contributed by atoms with Gasteiger partial charge in [-0.3, -0.25) is 4.79 Å². The SMILES string of the molecule is O=C(Cc1cccc2ccccc12)C(F)(F)C(F)F. The molecule has 0 spiro atoms. The molecule has 2 aromatic carbocycles. The third-order valence-corrected chi connectivity index (χ3v) is 2.88. The summed E-state index contributed by atoms with van der Waals surface area (Å²) >= 11 is 0. The Hall–Kier alpha value is -1.91. The molecule has 0 unspecified atom stereocenters. The number of Topliss-reactive ketones (excluding diaryl/α,β-unsaturated/α-hetero) is 1. The molecule has 0 fully saturated rings. The minimum Gasteiger partial charge on any atom is -0.292 e. The fourth-order valence-corrected chi connectivity index (χ4v) is 1.86. The molecule has 0 heterocycles. The van der Waals surface area contributed by atoms with Crippen molar-refractivity contribution in [3.05, 3.63) is 48.0 Å². The van der Waals surface area contributed by atoms with Gasteiger partial charge in [0.15, 0.2) is 0 Å². The summed E-state index contributed by atoms with van der Waals surface area (Å²) < 4.78 is 50.1. The van der Waals surface area contributed by atoms with Gasteiger partial charge in [-0.25, -0.2) is 8.78 Å². The number of rotatable bonds is 4. The molecule has 0 N–H and O–H groups in total. The lowest BCUT2D eigenvalue weighted by molar-refractivity contribution is -0.166. The van der Waals surface area contributed by atoms with Crippen molar-refractivity contribution < 1.29 is 22.4 Å². The second-order valence-electron chi connectivity index (χ2n) is 4.16. The van der Waals surface area contributed by atoms with Crippen molar-refractivity contribution in [2.24, 2.45) is 0 Å². The van der Waals surface area contributed by atoms with Crippen LogP contribution in [0.5, 0.6) is 0 Å². The van der Waals surface area contributed by atoms with Crippen LogP contribution in [0.1, 0.15) is 5.56 Å². The van der Waals surface area contributed by atoms with Crippen molar-refractivity contribution in [1.82, 2.24) is 0 Å². The molecule has 0 saturated heterocycles. The summed E-state index contributed by atoms with van der Waals surface area (Å²) in [4.78, 5) is 11.3. The lowest BCUT2D eigenvalue weighted by Crippen LogP contribution is -2.37. The normalized spacial score (nSPS) is 12.1. The second-order valence-corrected chi connectivity index (χ2v) is 4.16. The van der Waals surface area contributed by atoms with E-state index >= 15 is 0 Å². The number of hydrogen-bond donors (Lipinski definition) is 0. The monoisotopic (exact) mass is 270 g/mol. The number of ketones is 1. The van der Waals surface area contributed by atoms with E-state index in [4.69, 9.17) is 0 Å². The lowest BCUT2D eigenvalue weighted by Gasteiger charge is -2.14. The first-order chi connectivity index (χ1) is 8.93. The highest BCUT2D eigenvalue weighted by atomic mass is 19.3. The van der Waals surface area contributed by atoms with Crippen LogP contribution in [-0.4, -0.2) is 18.1 Å². The van der Waals surface area contributed by atoms with Crippen molar-refractivity contribution in [3.8, 4) is 0 Å². The molecule has 0 aliphatic heterocycles. The molecule has 0 aliphatic rings. The molecule has 100 valence electrons. The number of benzene rings is 2. The Labute approximate surface area is 106 Å². The number of hydrogen-bond acceptors (Lipinski definition) is 1. The van der Waals surface area contributed by atoms with Gasteiger partial charge in [0.1, 0.15) is 0 Å². The van der Waals surface area contributed by atoms with E-state index < -0.39 is 24.6 Å². The predicted molar refractivity (Wildman–Crippen MR) is 63.6 cm³/mol. The maximum atomic E-state index is 12.9. The summed E-state index contributed by atoms with van der Waals surface area (Å²) in [5.74, 6) is -6.37. The van der Waals surface area contributed by atoms with Gasteiger partial charge in [-0.15, -0.1) is 0 Å². The van der Waals surface area contributed by atoms with Gasteiger partial charge in [0, 0.05) is 6.42 Å². The molecular weight excluding hydrogens is 260 g/mol. The topological polar surface area (TPSA) is 17.1 Å².